The van der Waals surface area contributed by atoms with E-state index in [0.717, 1.165) is 24.8 Å². The molecule has 1 aromatic carbocycles. The average Bonchev–Trinajstić information content (AvgIpc) is 3.19. The van der Waals surface area contributed by atoms with E-state index in [2.05, 4.69) is 10.1 Å². The second-order valence-electron chi connectivity index (χ2n) is 6.49. The predicted molar refractivity (Wildman–Crippen MR) is 94.3 cm³/mol. The van der Waals surface area contributed by atoms with Crippen molar-refractivity contribution in [3.05, 3.63) is 36.2 Å². The Morgan fingerprint density at radius 2 is 1.81 bits per heavy atom. The molecular weight excluding hydrogens is 356 g/mol. The third-order valence-electron chi connectivity index (χ3n) is 4.78. The molecule has 2 fully saturated rings. The van der Waals surface area contributed by atoms with Crippen LogP contribution in [-0.4, -0.2) is 60.0 Å². The summed E-state index contributed by atoms with van der Waals surface area (Å²) in [6, 6.07) is 8.85. The van der Waals surface area contributed by atoms with Crippen molar-refractivity contribution < 1.29 is 17.7 Å². The summed E-state index contributed by atoms with van der Waals surface area (Å²) >= 11 is 0. The molecule has 2 aliphatic heterocycles. The lowest BCUT2D eigenvalue weighted by Gasteiger charge is -2.37. The SMILES string of the molecule is O=S(=O)(N1CCCCC1)N1CCOC[C@H]1c1noc(-c2ccccc2)n1. The molecule has 0 bridgehead atoms. The molecule has 0 radical (unpaired) electrons. The van der Waals surface area contributed by atoms with E-state index in [1.54, 1.807) is 4.31 Å². The summed E-state index contributed by atoms with van der Waals surface area (Å²) in [5, 5.41) is 4.03. The van der Waals surface area contributed by atoms with E-state index in [1.807, 2.05) is 30.3 Å². The van der Waals surface area contributed by atoms with Crippen LogP contribution in [-0.2, 0) is 14.9 Å². The summed E-state index contributed by atoms with van der Waals surface area (Å²) in [4.78, 5) is 4.43. The van der Waals surface area contributed by atoms with Gasteiger partial charge in [0, 0.05) is 25.2 Å². The quantitative estimate of drug-likeness (QED) is 0.807. The fraction of sp³-hybridized carbons (Fsp3) is 0.529. The van der Waals surface area contributed by atoms with E-state index in [9.17, 15) is 8.42 Å². The maximum absolute atomic E-state index is 13.1. The van der Waals surface area contributed by atoms with Crippen molar-refractivity contribution in [2.75, 3.05) is 32.8 Å². The van der Waals surface area contributed by atoms with Gasteiger partial charge in [0.15, 0.2) is 5.82 Å². The van der Waals surface area contributed by atoms with E-state index in [0.29, 0.717) is 38.0 Å². The first-order chi connectivity index (χ1) is 12.7. The van der Waals surface area contributed by atoms with Crippen LogP contribution in [0.25, 0.3) is 11.5 Å². The Morgan fingerprint density at radius 1 is 1.04 bits per heavy atom. The van der Waals surface area contributed by atoms with Gasteiger partial charge in [-0.1, -0.05) is 29.8 Å². The lowest BCUT2D eigenvalue weighted by molar-refractivity contribution is 0.0249. The largest absolute Gasteiger partial charge is 0.378 e. The molecule has 1 atom stereocenters. The summed E-state index contributed by atoms with van der Waals surface area (Å²) in [5.41, 5.74) is 0.799. The molecule has 2 aromatic rings. The first-order valence-corrected chi connectivity index (χ1v) is 10.3. The van der Waals surface area contributed by atoms with Gasteiger partial charge in [0.05, 0.1) is 13.2 Å². The molecule has 3 heterocycles. The Kier molecular flexibility index (Phi) is 5.03. The van der Waals surface area contributed by atoms with E-state index in [-0.39, 0.29) is 6.61 Å². The maximum atomic E-state index is 13.1. The van der Waals surface area contributed by atoms with Gasteiger partial charge in [0.25, 0.3) is 16.1 Å². The summed E-state index contributed by atoms with van der Waals surface area (Å²) in [6.07, 6.45) is 2.87. The second-order valence-corrected chi connectivity index (χ2v) is 8.37. The molecule has 9 heteroatoms. The van der Waals surface area contributed by atoms with Crippen LogP contribution >= 0.6 is 0 Å². The van der Waals surface area contributed by atoms with E-state index in [4.69, 9.17) is 9.26 Å². The normalized spacial score (nSPS) is 23.2. The highest BCUT2D eigenvalue weighted by Gasteiger charge is 2.40. The Balaban J connectivity index is 1.61. The molecule has 26 heavy (non-hydrogen) atoms. The molecule has 0 aliphatic carbocycles. The molecule has 0 spiro atoms. The maximum Gasteiger partial charge on any atom is 0.282 e. The standard InChI is InChI=1S/C17H22N4O4S/c22-26(23,20-9-5-2-6-10-20)21-11-12-24-13-15(21)16-18-17(25-19-16)14-7-3-1-4-8-14/h1,3-4,7-8,15H,2,5-6,9-13H2/t15-/m0/s1. The van der Waals surface area contributed by atoms with Crippen molar-refractivity contribution in [3.63, 3.8) is 0 Å². The molecule has 2 saturated heterocycles. The number of rotatable bonds is 4. The zero-order valence-corrected chi connectivity index (χ0v) is 15.3. The Bertz CT molecular complexity index is 833. The summed E-state index contributed by atoms with van der Waals surface area (Å²) < 4.78 is 40.1. The van der Waals surface area contributed by atoms with Crippen molar-refractivity contribution in [1.82, 2.24) is 18.8 Å². The topological polar surface area (TPSA) is 88.8 Å². The van der Waals surface area contributed by atoms with E-state index >= 15 is 0 Å². The molecule has 4 rings (SSSR count). The third-order valence-corrected chi connectivity index (χ3v) is 6.83. The van der Waals surface area contributed by atoms with E-state index in [1.165, 1.54) is 4.31 Å². The van der Waals surface area contributed by atoms with Crippen LogP contribution < -0.4 is 0 Å². The molecule has 140 valence electrons. The molecule has 8 nitrogen and oxygen atoms in total. The molecule has 0 N–H and O–H groups in total. The van der Waals surface area contributed by atoms with Crippen molar-refractivity contribution in [3.8, 4) is 11.5 Å². The van der Waals surface area contributed by atoms with Gasteiger partial charge < -0.3 is 9.26 Å². The monoisotopic (exact) mass is 378 g/mol. The second kappa shape index (κ2) is 7.43. The number of hydrogen-bond donors (Lipinski definition) is 0. The summed E-state index contributed by atoms with van der Waals surface area (Å²) in [7, 11) is -3.57. The number of benzene rings is 1. The highest BCUT2D eigenvalue weighted by molar-refractivity contribution is 7.86. The van der Waals surface area contributed by atoms with Crippen LogP contribution in [0.1, 0.15) is 31.1 Å². The van der Waals surface area contributed by atoms with Gasteiger partial charge in [0.1, 0.15) is 6.04 Å². The molecule has 0 amide bonds. The molecule has 0 saturated carbocycles. The summed E-state index contributed by atoms with van der Waals surface area (Å²) in [6.45, 7) is 2.01. The van der Waals surface area contributed by atoms with Crippen LogP contribution in [0.4, 0.5) is 0 Å². The Labute approximate surface area is 152 Å². The van der Waals surface area contributed by atoms with Gasteiger partial charge in [-0.15, -0.1) is 0 Å². The van der Waals surface area contributed by atoms with Crippen LogP contribution in [0, 0.1) is 0 Å². The fourth-order valence-corrected chi connectivity index (χ4v) is 5.18. The minimum absolute atomic E-state index is 0.223. The van der Waals surface area contributed by atoms with Crippen molar-refractivity contribution in [2.45, 2.75) is 25.3 Å². The van der Waals surface area contributed by atoms with Crippen molar-refractivity contribution >= 4 is 10.2 Å². The Hall–Kier alpha value is -1.81. The predicted octanol–water partition coefficient (Wildman–Crippen LogP) is 1.84. The minimum Gasteiger partial charge on any atom is -0.378 e. The molecule has 2 aliphatic rings. The van der Waals surface area contributed by atoms with Crippen molar-refractivity contribution in [2.24, 2.45) is 0 Å². The van der Waals surface area contributed by atoms with Gasteiger partial charge in [0.2, 0.25) is 0 Å². The Morgan fingerprint density at radius 3 is 2.58 bits per heavy atom. The number of piperidine rings is 1. The number of ether oxygens (including phenoxy) is 1. The number of nitrogens with zero attached hydrogens (tertiary/aromatic N) is 4. The summed E-state index contributed by atoms with van der Waals surface area (Å²) in [5.74, 6) is 0.714. The average molecular weight is 378 g/mol. The molecular formula is C17H22N4O4S. The van der Waals surface area contributed by atoms with Crippen molar-refractivity contribution in [1.29, 1.82) is 0 Å². The smallest absolute Gasteiger partial charge is 0.282 e. The van der Waals surface area contributed by atoms with Gasteiger partial charge in [-0.3, -0.25) is 0 Å². The first kappa shape index (κ1) is 17.6. The lowest BCUT2D eigenvalue weighted by Crippen LogP contribution is -2.51. The van der Waals surface area contributed by atoms with Gasteiger partial charge >= 0.3 is 0 Å². The van der Waals surface area contributed by atoms with Crippen LogP contribution in [0.3, 0.4) is 0 Å². The fourth-order valence-electron chi connectivity index (χ4n) is 3.38. The van der Waals surface area contributed by atoms with Gasteiger partial charge in [-0.25, -0.2) is 0 Å². The van der Waals surface area contributed by atoms with Crippen LogP contribution in [0.5, 0.6) is 0 Å². The zero-order valence-electron chi connectivity index (χ0n) is 14.5. The highest BCUT2D eigenvalue weighted by Crippen LogP contribution is 2.29. The lowest BCUT2D eigenvalue weighted by atomic mass is 10.2. The first-order valence-electron chi connectivity index (χ1n) is 8.90. The van der Waals surface area contributed by atoms with Gasteiger partial charge in [-0.05, 0) is 25.0 Å². The molecule has 0 unspecified atom stereocenters. The van der Waals surface area contributed by atoms with Crippen LogP contribution in [0.15, 0.2) is 34.9 Å². The zero-order chi connectivity index (χ0) is 18.0. The van der Waals surface area contributed by atoms with Gasteiger partial charge in [-0.2, -0.15) is 22.0 Å². The van der Waals surface area contributed by atoms with E-state index < -0.39 is 16.3 Å². The number of hydrogen-bond acceptors (Lipinski definition) is 6. The highest BCUT2D eigenvalue weighted by atomic mass is 32.2. The van der Waals surface area contributed by atoms with Crippen LogP contribution in [0.2, 0.25) is 0 Å². The third kappa shape index (κ3) is 3.39. The number of morpholine rings is 1. The minimum atomic E-state index is -3.57. The molecule has 1 aromatic heterocycles. The number of aromatic nitrogens is 2.